The van der Waals surface area contributed by atoms with Crippen LogP contribution in [0.15, 0.2) is 49.1 Å². The molecule has 8 N–H and O–H groups in total. The first-order valence-corrected chi connectivity index (χ1v) is 22.3. The van der Waals surface area contributed by atoms with Gasteiger partial charge in [0.05, 0.1) is 0 Å². The number of benzene rings is 1. The number of aliphatic hydroxyl groups is 2. The molecule has 2 fully saturated rings. The fraction of sp³-hybridized carbons (Fsp3) is 0.513. The van der Waals surface area contributed by atoms with Crippen LogP contribution in [0, 0.1) is 5.92 Å². The number of rotatable bonds is 17. The zero-order chi connectivity index (χ0) is 43.1. The number of anilines is 2. The molecule has 3 aromatic rings. The van der Waals surface area contributed by atoms with E-state index in [1.165, 1.54) is 12.7 Å². The molecule has 0 aliphatic carbocycles. The zero-order valence-corrected chi connectivity index (χ0v) is 35.9. The Hall–Kier alpha value is -5.10. The number of imide groups is 1. The molecule has 0 bridgehead atoms. The van der Waals surface area contributed by atoms with Crippen LogP contribution in [0.3, 0.4) is 0 Å². The number of carbonyl (C=O) groups is 6. The summed E-state index contributed by atoms with van der Waals surface area (Å²) in [6, 6.07) is 4.76. The van der Waals surface area contributed by atoms with Gasteiger partial charge in [0.15, 0.2) is 0 Å². The van der Waals surface area contributed by atoms with Gasteiger partial charge in [0.1, 0.15) is 0 Å². The standard InChI is InChI=1S/C39H52IN11O9/c1-21(2)30(47-26(52)13-14-50-28(54)11-12-29(50)55)38(59)45-22(3)37(58)46-25-9-7-24(8-10-25)18-51(15-5-6-16-51)40-17-27(53)48-31-23(4)60-39(34(57)33(31)56)49-36-32-35(42-19-41-32)43-20-44-36/h7-12,19-23,30-31,33-34,39,56-57H,5-6,13-18H2,1-4H3,(H,45,59)(H,46,58)(H,47,52)(H,48,53)(H2,41,42,43,44,49)/t22-,23-,30-,31-,33+,34-,39-/m0/s1. The van der Waals surface area contributed by atoms with Crippen LogP contribution in [-0.4, -0.2) is 140 Å². The summed E-state index contributed by atoms with van der Waals surface area (Å²) in [5, 5.41) is 36.1. The van der Waals surface area contributed by atoms with Gasteiger partial charge in [0.25, 0.3) is 11.8 Å². The van der Waals surface area contributed by atoms with E-state index in [0.717, 1.165) is 57.8 Å². The van der Waals surface area contributed by atoms with E-state index in [1.54, 1.807) is 39.8 Å². The van der Waals surface area contributed by atoms with Gasteiger partial charge in [-0.2, -0.15) is 0 Å². The normalized spacial score (nSPS) is 23.4. The van der Waals surface area contributed by atoms with Crippen molar-refractivity contribution in [3.63, 3.8) is 0 Å². The summed E-state index contributed by atoms with van der Waals surface area (Å²) in [5.74, 6) is -2.67. The van der Waals surface area contributed by atoms with Crippen molar-refractivity contribution in [1.82, 2.24) is 40.8 Å². The van der Waals surface area contributed by atoms with Crippen LogP contribution in [0.1, 0.15) is 52.5 Å². The monoisotopic (exact) mass is 945 g/mol. The third-order valence-corrected chi connectivity index (χ3v) is 14.5. The quantitative estimate of drug-likeness (QED) is 0.0282. The van der Waals surface area contributed by atoms with Gasteiger partial charge in [-0.25, -0.2) is 0 Å². The molecule has 324 valence electrons. The zero-order valence-electron chi connectivity index (χ0n) is 33.8. The molecule has 6 amide bonds. The predicted octanol–water partition coefficient (Wildman–Crippen LogP) is -3.57. The number of hydrogen-bond donors (Lipinski definition) is 8. The van der Waals surface area contributed by atoms with Crippen molar-refractivity contribution in [2.45, 2.75) is 96.2 Å². The van der Waals surface area contributed by atoms with E-state index in [9.17, 15) is 39.0 Å². The Balaban J connectivity index is 0.957. The van der Waals surface area contributed by atoms with E-state index in [2.05, 4.69) is 46.5 Å². The number of ether oxygens (including phenoxy) is 1. The second kappa shape index (κ2) is 19.5. The van der Waals surface area contributed by atoms with E-state index < -0.39 is 93.7 Å². The van der Waals surface area contributed by atoms with Gasteiger partial charge in [-0.3, -0.25) is 19.3 Å². The maximum atomic E-state index is 13.3. The van der Waals surface area contributed by atoms with Crippen molar-refractivity contribution in [3.8, 4) is 0 Å². The molecule has 6 rings (SSSR count). The van der Waals surface area contributed by atoms with Crippen molar-refractivity contribution in [2.24, 2.45) is 5.92 Å². The molecule has 0 spiro atoms. The molecule has 3 aliphatic heterocycles. The number of H-pyrrole nitrogens is 1. The Kier molecular flexibility index (Phi) is 14.5. The number of amides is 6. The molecular formula is C39H52IN11O9. The first-order chi connectivity index (χ1) is 28.6. The topological polar surface area (TPSA) is 270 Å². The summed E-state index contributed by atoms with van der Waals surface area (Å²) < 4.78 is 7.12. The Morgan fingerprint density at radius 1 is 0.950 bits per heavy atom. The summed E-state index contributed by atoms with van der Waals surface area (Å²) in [6.45, 7) is 9.25. The third kappa shape index (κ3) is 10.8. The molecule has 20 nitrogen and oxygen atoms in total. The summed E-state index contributed by atoms with van der Waals surface area (Å²) in [7, 11) is 0. The van der Waals surface area contributed by atoms with Crippen molar-refractivity contribution in [3.05, 3.63) is 54.6 Å². The van der Waals surface area contributed by atoms with Gasteiger partial charge in [0.2, 0.25) is 5.91 Å². The Labute approximate surface area is 356 Å². The molecule has 1 aromatic carbocycles. The molecule has 0 radical (unpaired) electrons. The second-order valence-corrected chi connectivity index (χ2v) is 19.0. The summed E-state index contributed by atoms with van der Waals surface area (Å²) >= 11 is -0.685. The fourth-order valence-corrected chi connectivity index (χ4v) is 10.6. The van der Waals surface area contributed by atoms with Crippen molar-refractivity contribution < 1.29 is 67.9 Å². The van der Waals surface area contributed by atoms with Crippen molar-refractivity contribution in [2.75, 3.05) is 34.7 Å². The van der Waals surface area contributed by atoms with E-state index in [4.69, 9.17) is 4.74 Å². The number of alkyl halides is 1. The molecule has 0 saturated carbocycles. The van der Waals surface area contributed by atoms with Crippen LogP contribution in [0.2, 0.25) is 0 Å². The summed E-state index contributed by atoms with van der Waals surface area (Å²) in [4.78, 5) is 92.0. The number of quaternary nitrogens is 1. The average Bonchev–Trinajstić information content (AvgIpc) is 3.97. The first kappa shape index (κ1) is 44.5. The van der Waals surface area contributed by atoms with Crippen LogP contribution in [0.4, 0.5) is 11.5 Å². The number of fused-ring (bicyclic) bond motifs is 1. The molecule has 5 heterocycles. The number of hydrogen-bond acceptors (Lipinski definition) is 13. The molecule has 7 atom stereocenters. The molecule has 0 unspecified atom stereocenters. The van der Waals surface area contributed by atoms with Crippen molar-refractivity contribution in [1.29, 1.82) is 0 Å². The van der Waals surface area contributed by atoms with E-state index >= 15 is 0 Å². The summed E-state index contributed by atoms with van der Waals surface area (Å²) in [5.41, 5.74) is 2.54. The number of likely N-dealkylation sites (tertiary alicyclic amines) is 1. The van der Waals surface area contributed by atoms with Gasteiger partial charge < -0.3 is 5.32 Å². The second-order valence-electron chi connectivity index (χ2n) is 15.5. The molecule has 21 heteroatoms. The fourth-order valence-electron chi connectivity index (χ4n) is 7.31. The number of aliphatic hydroxyl groups excluding tert-OH is 2. The number of aromatic nitrogens is 4. The van der Waals surface area contributed by atoms with E-state index in [0.29, 0.717) is 27.1 Å². The maximum absolute atomic E-state index is 13.3. The Morgan fingerprint density at radius 2 is 1.65 bits per heavy atom. The number of carbonyl (C=O) groups excluding carboxylic acids is 6. The molecule has 2 aromatic heterocycles. The van der Waals surface area contributed by atoms with Gasteiger partial charge >= 0.3 is 271 Å². The van der Waals surface area contributed by atoms with Gasteiger partial charge in [-0.1, -0.05) is 13.8 Å². The van der Waals surface area contributed by atoms with E-state index in [-0.39, 0.29) is 24.8 Å². The van der Waals surface area contributed by atoms with Crippen LogP contribution in [0.5, 0.6) is 0 Å². The number of halogens is 1. The molecular weight excluding hydrogens is 893 g/mol. The van der Waals surface area contributed by atoms with Crippen LogP contribution in [-0.2, 0) is 40.0 Å². The van der Waals surface area contributed by atoms with Gasteiger partial charge in [0, 0.05) is 25.1 Å². The first-order valence-electron chi connectivity index (χ1n) is 19.8. The third-order valence-electron chi connectivity index (χ3n) is 10.7. The molecule has 3 aliphatic rings. The number of nitrogens with one attached hydrogen (secondary N) is 6. The van der Waals surface area contributed by atoms with Crippen LogP contribution in [0.25, 0.3) is 11.2 Å². The minimum absolute atomic E-state index is 0.114. The van der Waals surface area contributed by atoms with Crippen LogP contribution < -0.4 is 48.1 Å². The summed E-state index contributed by atoms with van der Waals surface area (Å²) in [6.07, 6.45) is 2.70. The SMILES string of the molecule is CC(C)[C@H](NC(=O)CCN1C(=O)C=CC1=O)C(=O)N[C@@H](C)C(=O)Nc1ccc(C[N+]2([I-]CC(=O)N[C@@H]3[C@@H](O)[C@H](O)[C@@H](Nc4ncnc5nc[nH]c45)O[C@H]3C)CCCC2)cc1. The number of imidazole rings is 1. The molecule has 60 heavy (non-hydrogen) atoms. The molecule has 2 saturated heterocycles. The predicted molar refractivity (Wildman–Crippen MR) is 211 cm³/mol. The Morgan fingerprint density at radius 3 is 2.33 bits per heavy atom. The Bertz CT molecular complexity index is 2070. The minimum atomic E-state index is -1.36. The number of aromatic amines is 1. The van der Waals surface area contributed by atoms with Crippen LogP contribution >= 0.6 is 0 Å². The van der Waals surface area contributed by atoms with E-state index in [1.807, 2.05) is 12.1 Å². The van der Waals surface area contributed by atoms with Gasteiger partial charge in [-0.15, -0.1) is 0 Å². The average molecular weight is 946 g/mol. The van der Waals surface area contributed by atoms with Crippen molar-refractivity contribution >= 4 is 58.1 Å². The van der Waals surface area contributed by atoms with Gasteiger partial charge in [-0.05, 0) is 5.92 Å². The number of nitrogens with zero attached hydrogens (tertiary/aromatic N) is 5.